The molecule has 0 amide bonds. The molecule has 1 atom stereocenters. The lowest BCUT2D eigenvalue weighted by molar-refractivity contribution is 0.147. The summed E-state index contributed by atoms with van der Waals surface area (Å²) in [5, 5.41) is 0. The molecule has 0 aliphatic rings. The molecule has 0 bridgehead atoms. The first-order chi connectivity index (χ1) is 3.92. The highest BCUT2D eigenvalue weighted by Crippen LogP contribution is 2.34. The summed E-state index contributed by atoms with van der Waals surface area (Å²) in [4.78, 5) is 8.54. The second-order valence-corrected chi connectivity index (χ2v) is 3.96. The standard InChI is InChI=1S/C4H12NO3P/c1-4(2)5-8-9(3,6)7/h4-5H,1-3H3,(H,6,7). The summed E-state index contributed by atoms with van der Waals surface area (Å²) in [6.45, 7) is 4.76. The van der Waals surface area contributed by atoms with Crippen LogP contribution >= 0.6 is 7.60 Å². The summed E-state index contributed by atoms with van der Waals surface area (Å²) in [6, 6.07) is 0.0606. The molecular weight excluding hydrogens is 141 g/mol. The molecule has 0 rings (SSSR count). The molecule has 0 fully saturated rings. The van der Waals surface area contributed by atoms with Gasteiger partial charge in [-0.2, -0.15) is 5.48 Å². The highest BCUT2D eigenvalue weighted by Gasteiger charge is 2.09. The number of nitrogens with one attached hydrogen (secondary N) is 1. The van der Waals surface area contributed by atoms with Crippen LogP contribution in [0, 0.1) is 0 Å². The molecule has 9 heavy (non-hydrogen) atoms. The first kappa shape index (κ1) is 9.11. The zero-order chi connectivity index (χ0) is 7.49. The van der Waals surface area contributed by atoms with Crippen LogP contribution in [-0.2, 0) is 9.19 Å². The van der Waals surface area contributed by atoms with Crippen LogP contribution < -0.4 is 5.48 Å². The maximum Gasteiger partial charge on any atom is 0.341 e. The monoisotopic (exact) mass is 153 g/mol. The van der Waals surface area contributed by atoms with E-state index in [9.17, 15) is 4.57 Å². The highest BCUT2D eigenvalue weighted by atomic mass is 31.2. The van der Waals surface area contributed by atoms with Crippen LogP contribution in [0.2, 0.25) is 0 Å². The summed E-state index contributed by atoms with van der Waals surface area (Å²) in [5.41, 5.74) is 2.37. The van der Waals surface area contributed by atoms with Gasteiger partial charge in [-0.05, 0) is 13.8 Å². The second-order valence-electron chi connectivity index (χ2n) is 2.17. The van der Waals surface area contributed by atoms with Crippen LogP contribution in [0.1, 0.15) is 13.8 Å². The number of hydroxylamine groups is 1. The van der Waals surface area contributed by atoms with E-state index in [4.69, 9.17) is 4.89 Å². The molecule has 0 aromatic carbocycles. The first-order valence-electron chi connectivity index (χ1n) is 2.66. The Kier molecular flexibility index (Phi) is 3.36. The zero-order valence-electron chi connectivity index (χ0n) is 5.79. The van der Waals surface area contributed by atoms with Gasteiger partial charge in [0.15, 0.2) is 0 Å². The Morgan fingerprint density at radius 3 is 2.22 bits per heavy atom. The van der Waals surface area contributed by atoms with Gasteiger partial charge in [-0.1, -0.05) is 0 Å². The lowest BCUT2D eigenvalue weighted by Gasteiger charge is -2.09. The Morgan fingerprint density at radius 1 is 1.67 bits per heavy atom. The van der Waals surface area contributed by atoms with Crippen molar-refractivity contribution in [2.45, 2.75) is 19.9 Å². The Labute approximate surface area is 54.7 Å². The summed E-state index contributed by atoms with van der Waals surface area (Å²) in [6.07, 6.45) is 0. The van der Waals surface area contributed by atoms with Gasteiger partial charge in [-0.15, -0.1) is 0 Å². The molecule has 1 unspecified atom stereocenters. The van der Waals surface area contributed by atoms with Gasteiger partial charge in [0.1, 0.15) is 0 Å². The van der Waals surface area contributed by atoms with E-state index in [0.29, 0.717) is 0 Å². The fraction of sp³-hybridized carbons (Fsp3) is 1.00. The lowest BCUT2D eigenvalue weighted by Crippen LogP contribution is -2.21. The van der Waals surface area contributed by atoms with Crippen LogP contribution in [0.4, 0.5) is 0 Å². The molecule has 0 saturated carbocycles. The van der Waals surface area contributed by atoms with Gasteiger partial charge < -0.3 is 4.89 Å². The molecular formula is C4H12NO3P. The van der Waals surface area contributed by atoms with Gasteiger partial charge in [-0.3, -0.25) is 4.57 Å². The Balaban J connectivity index is 3.40. The molecule has 0 heterocycles. The highest BCUT2D eigenvalue weighted by molar-refractivity contribution is 7.51. The molecule has 56 valence electrons. The van der Waals surface area contributed by atoms with E-state index >= 15 is 0 Å². The summed E-state index contributed by atoms with van der Waals surface area (Å²) >= 11 is 0. The molecule has 2 N–H and O–H groups in total. The van der Waals surface area contributed by atoms with Crippen LogP contribution in [-0.4, -0.2) is 17.6 Å². The number of hydrogen-bond acceptors (Lipinski definition) is 3. The van der Waals surface area contributed by atoms with E-state index < -0.39 is 7.60 Å². The van der Waals surface area contributed by atoms with E-state index in [2.05, 4.69) is 10.1 Å². The van der Waals surface area contributed by atoms with Crippen molar-refractivity contribution in [3.05, 3.63) is 0 Å². The van der Waals surface area contributed by atoms with Crippen molar-refractivity contribution < 1.29 is 14.1 Å². The van der Waals surface area contributed by atoms with Gasteiger partial charge in [0.2, 0.25) is 0 Å². The molecule has 0 spiro atoms. The van der Waals surface area contributed by atoms with E-state index in [1.165, 1.54) is 0 Å². The Morgan fingerprint density at radius 2 is 2.11 bits per heavy atom. The van der Waals surface area contributed by atoms with Crippen molar-refractivity contribution in [3.63, 3.8) is 0 Å². The number of hydrogen-bond donors (Lipinski definition) is 2. The average Bonchev–Trinajstić information content (AvgIpc) is 1.59. The minimum Gasteiger partial charge on any atom is -0.324 e. The topological polar surface area (TPSA) is 58.6 Å². The van der Waals surface area contributed by atoms with Crippen LogP contribution in [0.15, 0.2) is 0 Å². The van der Waals surface area contributed by atoms with Crippen molar-refractivity contribution in [1.82, 2.24) is 5.48 Å². The summed E-state index contributed by atoms with van der Waals surface area (Å²) in [5.74, 6) is 0. The Hall–Kier alpha value is 0.110. The third-order valence-electron chi connectivity index (χ3n) is 0.458. The third kappa shape index (κ3) is 8.11. The average molecular weight is 153 g/mol. The van der Waals surface area contributed by atoms with Crippen molar-refractivity contribution in [2.24, 2.45) is 0 Å². The quantitative estimate of drug-likeness (QED) is 0.463. The van der Waals surface area contributed by atoms with Crippen molar-refractivity contribution >= 4 is 7.60 Å². The molecule has 0 radical (unpaired) electrons. The van der Waals surface area contributed by atoms with E-state index in [1.54, 1.807) is 0 Å². The molecule has 0 aliphatic heterocycles. The predicted molar refractivity (Wildman–Crippen MR) is 35.1 cm³/mol. The molecule has 0 aromatic rings. The van der Waals surface area contributed by atoms with E-state index in [-0.39, 0.29) is 6.04 Å². The normalized spacial score (nSPS) is 17.9. The van der Waals surface area contributed by atoms with E-state index in [1.807, 2.05) is 13.8 Å². The molecule has 0 aliphatic carbocycles. The SMILES string of the molecule is CC(C)NOP(C)(=O)O. The smallest absolute Gasteiger partial charge is 0.324 e. The van der Waals surface area contributed by atoms with Crippen LogP contribution in [0.5, 0.6) is 0 Å². The summed E-state index contributed by atoms with van der Waals surface area (Å²) in [7, 11) is -3.33. The van der Waals surface area contributed by atoms with Crippen LogP contribution in [0.25, 0.3) is 0 Å². The lowest BCUT2D eigenvalue weighted by atomic mass is 10.4. The minimum atomic E-state index is -3.33. The molecule has 5 heteroatoms. The largest absolute Gasteiger partial charge is 0.341 e. The third-order valence-corrected chi connectivity index (χ3v) is 0.902. The first-order valence-corrected chi connectivity index (χ1v) is 4.68. The van der Waals surface area contributed by atoms with Crippen molar-refractivity contribution in [1.29, 1.82) is 0 Å². The van der Waals surface area contributed by atoms with Crippen molar-refractivity contribution in [2.75, 3.05) is 6.66 Å². The molecule has 0 saturated heterocycles. The predicted octanol–water partition coefficient (Wildman–Crippen LogP) is 0.731. The van der Waals surface area contributed by atoms with E-state index in [0.717, 1.165) is 6.66 Å². The van der Waals surface area contributed by atoms with Gasteiger partial charge in [0, 0.05) is 12.7 Å². The fourth-order valence-corrected chi connectivity index (χ4v) is 0.610. The summed E-state index contributed by atoms with van der Waals surface area (Å²) < 4.78 is 14.7. The molecule has 4 nitrogen and oxygen atoms in total. The van der Waals surface area contributed by atoms with Gasteiger partial charge in [0.25, 0.3) is 0 Å². The fourth-order valence-electron chi connectivity index (χ4n) is 0.203. The van der Waals surface area contributed by atoms with Gasteiger partial charge >= 0.3 is 7.60 Å². The van der Waals surface area contributed by atoms with Crippen LogP contribution in [0.3, 0.4) is 0 Å². The van der Waals surface area contributed by atoms with Crippen molar-refractivity contribution in [3.8, 4) is 0 Å². The molecule has 0 aromatic heterocycles. The maximum absolute atomic E-state index is 10.4. The maximum atomic E-state index is 10.4. The second kappa shape index (κ2) is 3.32. The minimum absolute atomic E-state index is 0.0606. The van der Waals surface area contributed by atoms with Gasteiger partial charge in [0.05, 0.1) is 0 Å². The van der Waals surface area contributed by atoms with Gasteiger partial charge in [-0.25, -0.2) is 4.62 Å². The number of rotatable bonds is 3. The zero-order valence-corrected chi connectivity index (χ0v) is 6.68. The Bertz CT molecular complexity index is 119.